The Balaban J connectivity index is 2.29. The molecule has 82 valence electrons. The Morgan fingerprint density at radius 1 is 1.50 bits per heavy atom. The fraction of sp³-hybridized carbons (Fsp3) is 0.100. The van der Waals surface area contributed by atoms with E-state index >= 15 is 0 Å². The van der Waals surface area contributed by atoms with E-state index in [1.807, 2.05) is 0 Å². The smallest absolute Gasteiger partial charge is 0.269 e. The van der Waals surface area contributed by atoms with Gasteiger partial charge in [0.15, 0.2) is 0 Å². The summed E-state index contributed by atoms with van der Waals surface area (Å²) in [4.78, 5) is 19.4. The lowest BCUT2D eigenvalue weighted by atomic mass is 10.2. The third-order valence-corrected chi connectivity index (χ3v) is 2.90. The number of nitrogens with zero attached hydrogens (tertiary/aromatic N) is 2. The molecule has 0 saturated heterocycles. The number of carbonyl (C=O) groups excluding carboxylic acids is 1. The molecule has 0 aliphatic carbocycles. The van der Waals surface area contributed by atoms with E-state index in [4.69, 9.17) is 5.73 Å². The van der Waals surface area contributed by atoms with E-state index in [2.05, 4.69) is 15.3 Å². The molecule has 0 bridgehead atoms. The van der Waals surface area contributed by atoms with Crippen LogP contribution in [0.15, 0.2) is 23.7 Å². The summed E-state index contributed by atoms with van der Waals surface area (Å²) in [5.74, 6) is 0.292. The number of carbonyl (C=O) groups is 1. The standard InChI is InChI=1S/C10H10N4OS/c1-12-9(15)7-3-2-6(4-13-7)10-14-8(11)5-16-10/h2-5H,11H2,1H3,(H,12,15). The maximum absolute atomic E-state index is 11.3. The van der Waals surface area contributed by atoms with Gasteiger partial charge in [0.25, 0.3) is 5.91 Å². The van der Waals surface area contributed by atoms with Gasteiger partial charge >= 0.3 is 0 Å². The van der Waals surface area contributed by atoms with Crippen molar-refractivity contribution in [3.8, 4) is 10.6 Å². The number of nitrogens with two attached hydrogens (primary N) is 1. The van der Waals surface area contributed by atoms with Crippen LogP contribution in [0, 0.1) is 0 Å². The predicted octanol–water partition coefficient (Wildman–Crippen LogP) is 1.15. The summed E-state index contributed by atoms with van der Waals surface area (Å²) in [5.41, 5.74) is 6.77. The quantitative estimate of drug-likeness (QED) is 0.816. The Morgan fingerprint density at radius 3 is 2.81 bits per heavy atom. The van der Waals surface area contributed by atoms with Crippen molar-refractivity contribution in [2.75, 3.05) is 12.8 Å². The molecule has 0 radical (unpaired) electrons. The van der Waals surface area contributed by atoms with Gasteiger partial charge in [0.05, 0.1) is 0 Å². The Bertz CT molecular complexity index is 506. The van der Waals surface area contributed by atoms with E-state index in [1.54, 1.807) is 30.8 Å². The molecule has 0 unspecified atom stereocenters. The van der Waals surface area contributed by atoms with Crippen LogP contribution in [-0.2, 0) is 0 Å². The first-order chi connectivity index (χ1) is 7.70. The maximum atomic E-state index is 11.3. The minimum absolute atomic E-state index is 0.204. The zero-order valence-electron chi connectivity index (χ0n) is 8.60. The zero-order valence-corrected chi connectivity index (χ0v) is 9.41. The second kappa shape index (κ2) is 4.28. The second-order valence-electron chi connectivity index (χ2n) is 3.09. The predicted molar refractivity (Wildman–Crippen MR) is 63.1 cm³/mol. The first-order valence-electron chi connectivity index (χ1n) is 4.60. The molecule has 5 nitrogen and oxygen atoms in total. The van der Waals surface area contributed by atoms with Crippen LogP contribution in [0.5, 0.6) is 0 Å². The molecule has 0 aliphatic rings. The van der Waals surface area contributed by atoms with Crippen molar-refractivity contribution in [1.29, 1.82) is 0 Å². The fourth-order valence-corrected chi connectivity index (χ4v) is 1.90. The number of nitrogens with one attached hydrogen (secondary N) is 1. The van der Waals surface area contributed by atoms with E-state index in [0.717, 1.165) is 10.6 Å². The summed E-state index contributed by atoms with van der Waals surface area (Å²) in [6.45, 7) is 0. The molecule has 6 heteroatoms. The highest BCUT2D eigenvalue weighted by Gasteiger charge is 2.07. The van der Waals surface area contributed by atoms with E-state index in [-0.39, 0.29) is 5.91 Å². The fourth-order valence-electron chi connectivity index (χ4n) is 1.20. The lowest BCUT2D eigenvalue weighted by Crippen LogP contribution is -2.18. The molecule has 16 heavy (non-hydrogen) atoms. The van der Waals surface area contributed by atoms with Crippen molar-refractivity contribution >= 4 is 23.1 Å². The highest BCUT2D eigenvalue weighted by molar-refractivity contribution is 7.13. The first-order valence-corrected chi connectivity index (χ1v) is 5.48. The number of amides is 1. The van der Waals surface area contributed by atoms with Gasteiger partial charge < -0.3 is 11.1 Å². The number of rotatable bonds is 2. The van der Waals surface area contributed by atoms with Gasteiger partial charge in [-0.05, 0) is 12.1 Å². The van der Waals surface area contributed by atoms with Crippen LogP contribution in [0.1, 0.15) is 10.5 Å². The lowest BCUT2D eigenvalue weighted by Gasteiger charge is -1.99. The van der Waals surface area contributed by atoms with Gasteiger partial charge in [0.2, 0.25) is 0 Å². The van der Waals surface area contributed by atoms with Crippen molar-refractivity contribution in [2.45, 2.75) is 0 Å². The molecule has 2 aromatic rings. The van der Waals surface area contributed by atoms with Crippen molar-refractivity contribution in [2.24, 2.45) is 0 Å². The van der Waals surface area contributed by atoms with Crippen LogP contribution in [0.4, 0.5) is 5.82 Å². The maximum Gasteiger partial charge on any atom is 0.269 e. The third-order valence-electron chi connectivity index (χ3n) is 1.99. The van der Waals surface area contributed by atoms with Crippen LogP contribution in [0.3, 0.4) is 0 Å². The number of hydrogen-bond donors (Lipinski definition) is 2. The summed E-state index contributed by atoms with van der Waals surface area (Å²) in [6.07, 6.45) is 1.61. The highest BCUT2D eigenvalue weighted by atomic mass is 32.1. The average Bonchev–Trinajstić information content (AvgIpc) is 2.75. The molecule has 0 aromatic carbocycles. The number of hydrogen-bond acceptors (Lipinski definition) is 5. The normalized spacial score (nSPS) is 10.1. The molecule has 1 amide bonds. The minimum Gasteiger partial charge on any atom is -0.383 e. The summed E-state index contributed by atoms with van der Waals surface area (Å²) in [6, 6.07) is 3.46. The van der Waals surface area contributed by atoms with Crippen LogP contribution < -0.4 is 11.1 Å². The van der Waals surface area contributed by atoms with Gasteiger partial charge in [-0.25, -0.2) is 4.98 Å². The molecular formula is C10H10N4OS. The van der Waals surface area contributed by atoms with Crippen molar-refractivity contribution < 1.29 is 4.79 Å². The summed E-state index contributed by atoms with van der Waals surface area (Å²) < 4.78 is 0. The molecule has 0 spiro atoms. The van der Waals surface area contributed by atoms with Crippen molar-refractivity contribution in [1.82, 2.24) is 15.3 Å². The van der Waals surface area contributed by atoms with Gasteiger partial charge in [0.1, 0.15) is 16.5 Å². The molecule has 3 N–H and O–H groups in total. The van der Waals surface area contributed by atoms with Crippen molar-refractivity contribution in [3.05, 3.63) is 29.4 Å². The van der Waals surface area contributed by atoms with Crippen LogP contribution in [0.2, 0.25) is 0 Å². The highest BCUT2D eigenvalue weighted by Crippen LogP contribution is 2.23. The molecular weight excluding hydrogens is 224 g/mol. The molecule has 0 saturated carbocycles. The average molecular weight is 234 g/mol. The van der Waals surface area contributed by atoms with E-state index in [0.29, 0.717) is 11.5 Å². The van der Waals surface area contributed by atoms with Crippen LogP contribution in [0.25, 0.3) is 10.6 Å². The molecule has 0 aliphatic heterocycles. The van der Waals surface area contributed by atoms with Crippen LogP contribution in [-0.4, -0.2) is 22.9 Å². The number of pyridine rings is 1. The lowest BCUT2D eigenvalue weighted by molar-refractivity contribution is 0.0958. The number of anilines is 1. The molecule has 2 rings (SSSR count). The molecule has 2 aromatic heterocycles. The van der Waals surface area contributed by atoms with E-state index in [9.17, 15) is 4.79 Å². The first kappa shape index (κ1) is 10.6. The Hall–Kier alpha value is -1.95. The zero-order chi connectivity index (χ0) is 11.5. The topological polar surface area (TPSA) is 80.9 Å². The van der Waals surface area contributed by atoms with Crippen molar-refractivity contribution in [3.63, 3.8) is 0 Å². The summed E-state index contributed by atoms with van der Waals surface area (Å²) >= 11 is 1.45. The third kappa shape index (κ3) is 2.01. The number of aromatic nitrogens is 2. The Morgan fingerprint density at radius 2 is 2.31 bits per heavy atom. The largest absolute Gasteiger partial charge is 0.383 e. The summed E-state index contributed by atoms with van der Waals surface area (Å²) in [7, 11) is 1.57. The van der Waals surface area contributed by atoms with Gasteiger partial charge in [-0.1, -0.05) is 0 Å². The summed E-state index contributed by atoms with van der Waals surface area (Å²) in [5, 5.41) is 5.08. The van der Waals surface area contributed by atoms with Gasteiger partial charge in [-0.2, -0.15) is 0 Å². The Kier molecular flexibility index (Phi) is 2.82. The molecule has 2 heterocycles. The van der Waals surface area contributed by atoms with Gasteiger partial charge in [-0.3, -0.25) is 9.78 Å². The SMILES string of the molecule is CNC(=O)c1ccc(-c2nc(N)cs2)cn1. The van der Waals surface area contributed by atoms with Gasteiger partial charge in [-0.15, -0.1) is 11.3 Å². The van der Waals surface area contributed by atoms with Crippen LogP contribution >= 0.6 is 11.3 Å². The van der Waals surface area contributed by atoms with E-state index < -0.39 is 0 Å². The Labute approximate surface area is 96.3 Å². The number of thiazole rings is 1. The molecule has 0 fully saturated rings. The monoisotopic (exact) mass is 234 g/mol. The second-order valence-corrected chi connectivity index (χ2v) is 3.95. The van der Waals surface area contributed by atoms with Gasteiger partial charge in [0, 0.05) is 24.2 Å². The minimum atomic E-state index is -0.204. The molecule has 0 atom stereocenters. The van der Waals surface area contributed by atoms with E-state index in [1.165, 1.54) is 11.3 Å². The number of nitrogen functional groups attached to an aromatic ring is 1.